The average Bonchev–Trinajstić information content (AvgIpc) is 2.26. The van der Waals surface area contributed by atoms with Crippen molar-refractivity contribution >= 4 is 0 Å². The minimum Gasteiger partial charge on any atom is -0.322 e. The lowest BCUT2D eigenvalue weighted by Crippen LogP contribution is -2.35. The van der Waals surface area contributed by atoms with Crippen LogP contribution in [-0.4, -0.2) is 0 Å². The van der Waals surface area contributed by atoms with E-state index in [4.69, 9.17) is 5.73 Å². The van der Waals surface area contributed by atoms with Crippen LogP contribution in [-0.2, 0) is 5.54 Å². The predicted molar refractivity (Wildman–Crippen MR) is 66.6 cm³/mol. The first kappa shape index (κ1) is 13.2. The molecular formula is C14H22FN. The topological polar surface area (TPSA) is 26.0 Å². The molecule has 1 atom stereocenters. The summed E-state index contributed by atoms with van der Waals surface area (Å²) in [6.45, 7) is 6.34. The number of halogens is 1. The van der Waals surface area contributed by atoms with Crippen LogP contribution in [0.25, 0.3) is 0 Å². The van der Waals surface area contributed by atoms with Gasteiger partial charge in [0, 0.05) is 5.54 Å². The Hall–Kier alpha value is -0.890. The molecule has 90 valence electrons. The summed E-state index contributed by atoms with van der Waals surface area (Å²) in [6, 6.07) is 6.63. The van der Waals surface area contributed by atoms with Crippen LogP contribution in [0.1, 0.15) is 45.6 Å². The molecule has 0 aromatic heterocycles. The molecule has 1 nitrogen and oxygen atoms in total. The highest BCUT2D eigenvalue weighted by molar-refractivity contribution is 5.24. The molecule has 0 aliphatic rings. The van der Waals surface area contributed by atoms with Gasteiger partial charge in [0.15, 0.2) is 0 Å². The Bertz CT molecular complexity index is 329. The van der Waals surface area contributed by atoms with E-state index in [9.17, 15) is 4.39 Å². The first-order chi connectivity index (χ1) is 7.49. The van der Waals surface area contributed by atoms with E-state index in [-0.39, 0.29) is 5.82 Å². The summed E-state index contributed by atoms with van der Waals surface area (Å²) in [5.41, 5.74) is 6.75. The maximum atomic E-state index is 13.1. The first-order valence-corrected chi connectivity index (χ1v) is 6.04. The van der Waals surface area contributed by atoms with Gasteiger partial charge in [0.25, 0.3) is 0 Å². The summed E-state index contributed by atoms with van der Waals surface area (Å²) in [7, 11) is 0. The third kappa shape index (κ3) is 3.31. The maximum absolute atomic E-state index is 13.1. The van der Waals surface area contributed by atoms with Crippen molar-refractivity contribution in [1.82, 2.24) is 0 Å². The predicted octanol–water partition coefficient (Wildman–Crippen LogP) is 3.83. The normalized spacial score (nSPS) is 15.1. The van der Waals surface area contributed by atoms with Crippen LogP contribution in [0.2, 0.25) is 0 Å². The Morgan fingerprint density at radius 3 is 2.44 bits per heavy atom. The van der Waals surface area contributed by atoms with E-state index in [1.807, 2.05) is 13.0 Å². The molecule has 0 fully saturated rings. The Morgan fingerprint density at radius 1 is 1.31 bits per heavy atom. The van der Waals surface area contributed by atoms with Crippen molar-refractivity contribution in [3.8, 4) is 0 Å². The van der Waals surface area contributed by atoms with Gasteiger partial charge in [-0.25, -0.2) is 4.39 Å². The maximum Gasteiger partial charge on any atom is 0.123 e. The van der Waals surface area contributed by atoms with Gasteiger partial charge in [-0.2, -0.15) is 0 Å². The van der Waals surface area contributed by atoms with Crippen LogP contribution in [0.4, 0.5) is 4.39 Å². The quantitative estimate of drug-likeness (QED) is 0.806. The highest BCUT2D eigenvalue weighted by Crippen LogP contribution is 2.28. The zero-order valence-corrected chi connectivity index (χ0v) is 10.5. The van der Waals surface area contributed by atoms with Crippen LogP contribution >= 0.6 is 0 Å². The smallest absolute Gasteiger partial charge is 0.123 e. The molecular weight excluding hydrogens is 201 g/mol. The molecule has 1 aromatic carbocycles. The number of rotatable bonds is 5. The van der Waals surface area contributed by atoms with Crippen LogP contribution in [0.5, 0.6) is 0 Å². The summed E-state index contributed by atoms with van der Waals surface area (Å²) in [5, 5.41) is 0. The Kier molecular flexibility index (Phi) is 4.48. The van der Waals surface area contributed by atoms with Crippen LogP contribution in [0.15, 0.2) is 24.3 Å². The molecule has 0 heterocycles. The third-order valence-corrected chi connectivity index (χ3v) is 3.35. The van der Waals surface area contributed by atoms with Crippen molar-refractivity contribution in [3.63, 3.8) is 0 Å². The number of benzene rings is 1. The van der Waals surface area contributed by atoms with Crippen LogP contribution < -0.4 is 5.73 Å². The molecule has 0 saturated heterocycles. The van der Waals surface area contributed by atoms with Gasteiger partial charge in [0.1, 0.15) is 5.82 Å². The van der Waals surface area contributed by atoms with Crippen molar-refractivity contribution in [2.24, 2.45) is 11.7 Å². The monoisotopic (exact) mass is 223 g/mol. The SMILES string of the molecule is CCC(CC)CC(C)(N)c1cccc(F)c1. The van der Waals surface area contributed by atoms with Crippen LogP contribution in [0, 0.1) is 11.7 Å². The van der Waals surface area contributed by atoms with E-state index >= 15 is 0 Å². The van der Waals surface area contributed by atoms with Gasteiger partial charge in [0.2, 0.25) is 0 Å². The lowest BCUT2D eigenvalue weighted by Gasteiger charge is -2.29. The second kappa shape index (κ2) is 5.44. The molecule has 0 bridgehead atoms. The second-order valence-corrected chi connectivity index (χ2v) is 4.81. The van der Waals surface area contributed by atoms with E-state index in [0.717, 1.165) is 24.8 Å². The van der Waals surface area contributed by atoms with E-state index in [0.29, 0.717) is 5.92 Å². The highest BCUT2D eigenvalue weighted by atomic mass is 19.1. The van der Waals surface area contributed by atoms with Gasteiger partial charge >= 0.3 is 0 Å². The Balaban J connectivity index is 2.84. The van der Waals surface area contributed by atoms with E-state index in [2.05, 4.69) is 13.8 Å². The lowest BCUT2D eigenvalue weighted by molar-refractivity contribution is 0.328. The fraction of sp³-hybridized carbons (Fsp3) is 0.571. The fourth-order valence-corrected chi connectivity index (χ4v) is 2.14. The molecule has 2 heteroatoms. The number of hydrogen-bond donors (Lipinski definition) is 1. The van der Waals surface area contributed by atoms with Crippen molar-refractivity contribution in [1.29, 1.82) is 0 Å². The summed E-state index contributed by atoms with van der Waals surface area (Å²) in [6.07, 6.45) is 3.15. The highest BCUT2D eigenvalue weighted by Gasteiger charge is 2.24. The molecule has 1 aromatic rings. The third-order valence-electron chi connectivity index (χ3n) is 3.35. The minimum absolute atomic E-state index is 0.210. The fourth-order valence-electron chi connectivity index (χ4n) is 2.14. The van der Waals surface area contributed by atoms with E-state index in [1.54, 1.807) is 12.1 Å². The Labute approximate surface area is 97.9 Å². The average molecular weight is 223 g/mol. The molecule has 1 rings (SSSR count). The van der Waals surface area contributed by atoms with Crippen molar-refractivity contribution in [2.45, 2.75) is 45.6 Å². The van der Waals surface area contributed by atoms with E-state index in [1.165, 1.54) is 6.07 Å². The largest absolute Gasteiger partial charge is 0.322 e. The molecule has 1 unspecified atom stereocenters. The van der Waals surface area contributed by atoms with Crippen molar-refractivity contribution in [3.05, 3.63) is 35.6 Å². The molecule has 0 amide bonds. The molecule has 0 aliphatic heterocycles. The van der Waals surface area contributed by atoms with Crippen LogP contribution in [0.3, 0.4) is 0 Å². The summed E-state index contributed by atoms with van der Waals surface area (Å²) in [5.74, 6) is 0.400. The van der Waals surface area contributed by atoms with E-state index < -0.39 is 5.54 Å². The molecule has 0 radical (unpaired) electrons. The number of hydrogen-bond acceptors (Lipinski definition) is 1. The van der Waals surface area contributed by atoms with Gasteiger partial charge < -0.3 is 5.73 Å². The van der Waals surface area contributed by atoms with Gasteiger partial charge in [-0.1, -0.05) is 38.8 Å². The molecule has 16 heavy (non-hydrogen) atoms. The molecule has 0 saturated carbocycles. The first-order valence-electron chi connectivity index (χ1n) is 6.04. The molecule has 0 aliphatic carbocycles. The number of nitrogens with two attached hydrogens (primary N) is 1. The molecule has 0 spiro atoms. The zero-order chi connectivity index (χ0) is 12.2. The zero-order valence-electron chi connectivity index (χ0n) is 10.5. The standard InChI is InChI=1S/C14H22FN/c1-4-11(5-2)10-14(3,16)12-7-6-8-13(15)9-12/h6-9,11H,4-5,10,16H2,1-3H3. The van der Waals surface area contributed by atoms with Crippen molar-refractivity contribution < 1.29 is 4.39 Å². The van der Waals surface area contributed by atoms with Gasteiger partial charge in [-0.05, 0) is 37.0 Å². The minimum atomic E-state index is -0.432. The van der Waals surface area contributed by atoms with Crippen molar-refractivity contribution in [2.75, 3.05) is 0 Å². The lowest BCUT2D eigenvalue weighted by atomic mass is 9.82. The second-order valence-electron chi connectivity index (χ2n) is 4.81. The van der Waals surface area contributed by atoms with Gasteiger partial charge in [-0.15, -0.1) is 0 Å². The summed E-state index contributed by atoms with van der Waals surface area (Å²) < 4.78 is 13.1. The molecule has 2 N–H and O–H groups in total. The van der Waals surface area contributed by atoms with Gasteiger partial charge in [0.05, 0.1) is 0 Å². The summed E-state index contributed by atoms with van der Waals surface area (Å²) in [4.78, 5) is 0. The summed E-state index contributed by atoms with van der Waals surface area (Å²) >= 11 is 0. The van der Waals surface area contributed by atoms with Gasteiger partial charge in [-0.3, -0.25) is 0 Å². The Morgan fingerprint density at radius 2 is 1.94 bits per heavy atom.